The van der Waals surface area contributed by atoms with E-state index in [0.29, 0.717) is 25.9 Å². The fourth-order valence-electron chi connectivity index (χ4n) is 5.08. The minimum Gasteiger partial charge on any atom is -0.493 e. The van der Waals surface area contributed by atoms with Crippen molar-refractivity contribution in [3.8, 4) is 11.5 Å². The van der Waals surface area contributed by atoms with Crippen LogP contribution in [0.1, 0.15) is 34.7 Å². The van der Waals surface area contributed by atoms with E-state index in [-0.39, 0.29) is 11.6 Å². The molecule has 0 radical (unpaired) electrons. The molecule has 0 unspecified atom stereocenters. The highest BCUT2D eigenvalue weighted by Gasteiger charge is 2.33. The van der Waals surface area contributed by atoms with Gasteiger partial charge < -0.3 is 9.47 Å². The molecule has 0 N–H and O–H groups in total. The SMILES string of the molecule is COc1ccc([C@H]2C3=C(N=c4s/c(=C\c5ccccc5Cl)c(=O)n42)c2ccccc2CC3)cc1OC. The van der Waals surface area contributed by atoms with Gasteiger partial charge in [-0.15, -0.1) is 0 Å². The molecule has 1 aromatic heterocycles. The summed E-state index contributed by atoms with van der Waals surface area (Å²) in [5.74, 6) is 1.28. The molecule has 5 nitrogen and oxygen atoms in total. The number of hydrogen-bond donors (Lipinski definition) is 0. The van der Waals surface area contributed by atoms with E-state index >= 15 is 0 Å². The summed E-state index contributed by atoms with van der Waals surface area (Å²) < 4.78 is 13.5. The van der Waals surface area contributed by atoms with Crippen LogP contribution in [0, 0.1) is 0 Å². The fraction of sp³-hybridized carbons (Fsp3) is 0.172. The van der Waals surface area contributed by atoms with E-state index in [0.717, 1.165) is 40.8 Å². The molecule has 2 heterocycles. The number of nitrogens with zero attached hydrogens (tertiary/aromatic N) is 2. The highest BCUT2D eigenvalue weighted by Crippen LogP contribution is 2.42. The molecule has 0 saturated heterocycles. The monoisotopic (exact) mass is 514 g/mol. The topological polar surface area (TPSA) is 52.8 Å². The number of fused-ring (bicyclic) bond motifs is 3. The predicted octanol–water partition coefficient (Wildman–Crippen LogP) is 4.99. The number of aromatic nitrogens is 1. The van der Waals surface area contributed by atoms with Crippen molar-refractivity contribution in [2.24, 2.45) is 4.99 Å². The first kappa shape index (κ1) is 22.8. The fourth-order valence-corrected chi connectivity index (χ4v) is 6.26. The number of hydrogen-bond acceptors (Lipinski definition) is 5. The van der Waals surface area contributed by atoms with Crippen molar-refractivity contribution >= 4 is 34.7 Å². The van der Waals surface area contributed by atoms with Crippen molar-refractivity contribution in [1.82, 2.24) is 4.57 Å². The zero-order chi connectivity index (χ0) is 24.8. The van der Waals surface area contributed by atoms with Crippen LogP contribution in [0.15, 0.2) is 82.1 Å². The van der Waals surface area contributed by atoms with Crippen LogP contribution in [0.2, 0.25) is 5.02 Å². The average molecular weight is 515 g/mol. The van der Waals surface area contributed by atoms with Crippen molar-refractivity contribution < 1.29 is 9.47 Å². The van der Waals surface area contributed by atoms with Gasteiger partial charge in [-0.2, -0.15) is 0 Å². The van der Waals surface area contributed by atoms with E-state index in [1.807, 2.05) is 59.2 Å². The number of allylic oxidation sites excluding steroid dienone is 1. The van der Waals surface area contributed by atoms with Gasteiger partial charge in [0.1, 0.15) is 0 Å². The number of rotatable bonds is 4. The van der Waals surface area contributed by atoms with E-state index in [2.05, 4.69) is 18.2 Å². The first-order valence-electron chi connectivity index (χ1n) is 11.7. The quantitative estimate of drug-likeness (QED) is 0.385. The van der Waals surface area contributed by atoms with Gasteiger partial charge >= 0.3 is 0 Å². The lowest BCUT2D eigenvalue weighted by Gasteiger charge is -2.31. The molecule has 0 amide bonds. The Hall–Kier alpha value is -3.61. The summed E-state index contributed by atoms with van der Waals surface area (Å²) in [4.78, 5) is 19.6. The summed E-state index contributed by atoms with van der Waals surface area (Å²) in [6.07, 6.45) is 3.58. The predicted molar refractivity (Wildman–Crippen MR) is 144 cm³/mol. The van der Waals surface area contributed by atoms with Crippen molar-refractivity contribution in [1.29, 1.82) is 0 Å². The number of halogens is 1. The van der Waals surface area contributed by atoms with E-state index in [9.17, 15) is 4.79 Å². The molecule has 1 atom stereocenters. The first-order valence-corrected chi connectivity index (χ1v) is 12.9. The molecule has 1 aliphatic heterocycles. The third-order valence-electron chi connectivity index (χ3n) is 6.79. The average Bonchev–Trinajstić information content (AvgIpc) is 3.22. The van der Waals surface area contributed by atoms with E-state index in [1.54, 1.807) is 14.2 Å². The Labute approximate surface area is 217 Å². The zero-order valence-corrected chi connectivity index (χ0v) is 21.4. The van der Waals surface area contributed by atoms with Gasteiger partial charge in [0.2, 0.25) is 0 Å². The molecule has 7 heteroatoms. The standard InChI is InChI=1S/C29H23ClN2O3S/c1-34-23-14-12-19(15-24(23)35-2)27-21-13-11-17-7-3-5-9-20(17)26(21)31-29-32(27)28(33)25(36-29)16-18-8-4-6-10-22(18)30/h3-10,12,14-16,27H,11,13H2,1-2H3/b25-16-/t27-/m0/s1. The molecule has 3 aromatic carbocycles. The van der Waals surface area contributed by atoms with Gasteiger partial charge in [-0.3, -0.25) is 9.36 Å². The molecule has 0 bridgehead atoms. The van der Waals surface area contributed by atoms with Crippen molar-refractivity contribution in [2.45, 2.75) is 18.9 Å². The second-order valence-corrected chi connectivity index (χ2v) is 10.2. The lowest BCUT2D eigenvalue weighted by molar-refractivity contribution is 0.354. The molecule has 0 spiro atoms. The van der Waals surface area contributed by atoms with Crippen LogP contribution in [0.25, 0.3) is 11.8 Å². The third kappa shape index (κ3) is 3.69. The highest BCUT2D eigenvalue weighted by molar-refractivity contribution is 7.07. The molecule has 0 fully saturated rings. The number of methoxy groups -OCH3 is 2. The molecule has 6 rings (SSSR count). The minimum absolute atomic E-state index is 0.0798. The third-order valence-corrected chi connectivity index (χ3v) is 8.12. The molecule has 4 aromatic rings. The molecule has 36 heavy (non-hydrogen) atoms. The van der Waals surface area contributed by atoms with Gasteiger partial charge in [0, 0.05) is 10.6 Å². The Balaban J connectivity index is 1.63. The molecule has 2 aliphatic rings. The van der Waals surface area contributed by atoms with Crippen LogP contribution in [0.4, 0.5) is 0 Å². The maximum Gasteiger partial charge on any atom is 0.271 e. The highest BCUT2D eigenvalue weighted by atomic mass is 35.5. The van der Waals surface area contributed by atoms with Crippen molar-refractivity contribution in [3.63, 3.8) is 0 Å². The maximum absolute atomic E-state index is 13.9. The van der Waals surface area contributed by atoms with Crippen LogP contribution in [-0.2, 0) is 6.42 Å². The Morgan fingerprint density at radius 2 is 1.78 bits per heavy atom. The molecular formula is C29H23ClN2O3S. The second kappa shape index (κ2) is 9.12. The van der Waals surface area contributed by atoms with Crippen molar-refractivity contribution in [2.75, 3.05) is 14.2 Å². The summed E-state index contributed by atoms with van der Waals surface area (Å²) in [5, 5.41) is 0.605. The van der Waals surface area contributed by atoms with Gasteiger partial charge in [0.05, 0.1) is 30.5 Å². The maximum atomic E-state index is 13.9. The van der Waals surface area contributed by atoms with Crippen molar-refractivity contribution in [3.05, 3.63) is 119 Å². The Kier molecular flexibility index (Phi) is 5.78. The van der Waals surface area contributed by atoms with E-state index in [1.165, 1.54) is 16.9 Å². The first-order chi connectivity index (χ1) is 17.6. The Morgan fingerprint density at radius 1 is 1.00 bits per heavy atom. The molecule has 1 aliphatic carbocycles. The van der Waals surface area contributed by atoms with Gasteiger partial charge in [0.25, 0.3) is 5.56 Å². The normalized spacial score (nSPS) is 16.6. The second-order valence-electron chi connectivity index (χ2n) is 8.75. The summed E-state index contributed by atoms with van der Waals surface area (Å²) in [6.45, 7) is 0. The van der Waals surface area contributed by atoms with Crippen LogP contribution in [0.3, 0.4) is 0 Å². The summed E-state index contributed by atoms with van der Waals surface area (Å²) in [5.41, 5.74) is 6.19. The van der Waals surface area contributed by atoms with Crippen LogP contribution >= 0.6 is 22.9 Å². The molecular weight excluding hydrogens is 492 g/mol. The summed E-state index contributed by atoms with van der Waals surface area (Å²) in [6, 6.07) is 21.5. The molecule has 180 valence electrons. The smallest absolute Gasteiger partial charge is 0.271 e. The lowest BCUT2D eigenvalue weighted by Crippen LogP contribution is -2.38. The zero-order valence-electron chi connectivity index (χ0n) is 19.8. The van der Waals surface area contributed by atoms with Gasteiger partial charge in [-0.1, -0.05) is 71.5 Å². The molecule has 0 saturated carbocycles. The van der Waals surface area contributed by atoms with Gasteiger partial charge in [0.15, 0.2) is 16.3 Å². The minimum atomic E-state index is -0.294. The number of benzene rings is 3. The van der Waals surface area contributed by atoms with Gasteiger partial charge in [-0.05, 0) is 59.4 Å². The number of ether oxygens (including phenoxy) is 2. The van der Waals surface area contributed by atoms with Crippen LogP contribution in [0.5, 0.6) is 11.5 Å². The Morgan fingerprint density at radius 3 is 2.58 bits per heavy atom. The Bertz CT molecular complexity index is 1720. The van der Waals surface area contributed by atoms with Crippen LogP contribution < -0.4 is 24.4 Å². The van der Waals surface area contributed by atoms with Gasteiger partial charge in [-0.25, -0.2) is 4.99 Å². The van der Waals surface area contributed by atoms with E-state index < -0.39 is 0 Å². The summed E-state index contributed by atoms with van der Waals surface area (Å²) in [7, 11) is 3.24. The lowest BCUT2D eigenvalue weighted by atomic mass is 9.83. The van der Waals surface area contributed by atoms with Crippen LogP contribution in [-0.4, -0.2) is 18.8 Å². The largest absolute Gasteiger partial charge is 0.493 e. The number of thiazole rings is 1. The summed E-state index contributed by atoms with van der Waals surface area (Å²) >= 11 is 7.79. The number of aryl methyl sites for hydroxylation is 1. The van der Waals surface area contributed by atoms with E-state index in [4.69, 9.17) is 26.1 Å².